The van der Waals surface area contributed by atoms with Gasteiger partial charge in [-0.1, -0.05) is 6.07 Å². The lowest BCUT2D eigenvalue weighted by molar-refractivity contribution is -0.129. The summed E-state index contributed by atoms with van der Waals surface area (Å²) in [6.45, 7) is 0.940. The first-order valence-corrected chi connectivity index (χ1v) is 12.7. The van der Waals surface area contributed by atoms with Crippen LogP contribution >= 0.6 is 22.7 Å². The maximum Gasteiger partial charge on any atom is 0.228 e. The predicted molar refractivity (Wildman–Crippen MR) is 116 cm³/mol. The molecule has 154 valence electrons. The van der Waals surface area contributed by atoms with Crippen LogP contribution in [0.1, 0.15) is 12.1 Å². The average Bonchev–Trinajstić information content (AvgIpc) is 3.36. The number of ether oxygens (including phenoxy) is 1. The van der Waals surface area contributed by atoms with Crippen LogP contribution in [0.2, 0.25) is 0 Å². The molecule has 1 amide bonds. The van der Waals surface area contributed by atoms with Crippen molar-refractivity contribution >= 4 is 38.4 Å². The lowest BCUT2D eigenvalue weighted by Gasteiger charge is -2.17. The van der Waals surface area contributed by atoms with Gasteiger partial charge in [0.15, 0.2) is 9.84 Å². The van der Waals surface area contributed by atoms with Crippen LogP contribution in [-0.2, 0) is 21.1 Å². The summed E-state index contributed by atoms with van der Waals surface area (Å²) in [5.74, 6) is 0.511. The fourth-order valence-corrected chi connectivity index (χ4v) is 4.80. The maximum absolute atomic E-state index is 12.4. The van der Waals surface area contributed by atoms with Crippen LogP contribution in [0.5, 0.6) is 5.75 Å². The van der Waals surface area contributed by atoms with E-state index >= 15 is 0 Å². The Morgan fingerprint density at radius 1 is 1.24 bits per heavy atom. The number of aromatic nitrogens is 1. The van der Waals surface area contributed by atoms with Gasteiger partial charge >= 0.3 is 0 Å². The highest BCUT2D eigenvalue weighted by Crippen LogP contribution is 2.26. The summed E-state index contributed by atoms with van der Waals surface area (Å²) in [5.41, 5.74) is 1.87. The van der Waals surface area contributed by atoms with Crippen molar-refractivity contribution in [3.8, 4) is 16.3 Å². The number of carbonyl (C=O) groups excluding carboxylic acids is 1. The molecule has 2 heterocycles. The second-order valence-electron chi connectivity index (χ2n) is 6.60. The standard InChI is InChI=1S/C20H22N2O4S3/c1-22(8-4-9-26-17-5-3-6-18(12-17)29(2,24)25)19(23)11-16-14-28-20(21-16)15-7-10-27-13-15/h3,5-7,10,12-14H,4,8-9,11H2,1-2H3. The van der Waals surface area contributed by atoms with Gasteiger partial charge in [0.05, 0.1) is 23.6 Å². The number of likely N-dealkylation sites (N-methyl/N-ethyl adjacent to an activating group) is 1. The van der Waals surface area contributed by atoms with Gasteiger partial charge in [-0.25, -0.2) is 13.4 Å². The van der Waals surface area contributed by atoms with Gasteiger partial charge in [0.25, 0.3) is 0 Å². The average molecular weight is 451 g/mol. The predicted octanol–water partition coefficient (Wildman–Crippen LogP) is 3.75. The molecular weight excluding hydrogens is 428 g/mol. The number of thiazole rings is 1. The number of thiophene rings is 1. The van der Waals surface area contributed by atoms with Gasteiger partial charge in [-0.05, 0) is 36.1 Å². The van der Waals surface area contributed by atoms with Crippen LogP contribution in [0.4, 0.5) is 0 Å². The van der Waals surface area contributed by atoms with Crippen LogP contribution in [0.25, 0.3) is 10.6 Å². The molecule has 0 saturated carbocycles. The van der Waals surface area contributed by atoms with E-state index in [9.17, 15) is 13.2 Å². The lowest BCUT2D eigenvalue weighted by Crippen LogP contribution is -2.30. The molecule has 0 saturated heterocycles. The highest BCUT2D eigenvalue weighted by atomic mass is 32.2. The van der Waals surface area contributed by atoms with Crippen LogP contribution in [0, 0.1) is 0 Å². The van der Waals surface area contributed by atoms with E-state index in [0.29, 0.717) is 25.3 Å². The normalized spacial score (nSPS) is 11.4. The minimum atomic E-state index is -3.26. The monoisotopic (exact) mass is 450 g/mol. The Hall–Kier alpha value is -2.23. The third-order valence-electron chi connectivity index (χ3n) is 4.22. The summed E-state index contributed by atoms with van der Waals surface area (Å²) in [6.07, 6.45) is 2.08. The van der Waals surface area contributed by atoms with Gasteiger partial charge in [0.1, 0.15) is 10.8 Å². The topological polar surface area (TPSA) is 76.6 Å². The third kappa shape index (κ3) is 6.12. The molecular formula is C20H22N2O4S3. The minimum Gasteiger partial charge on any atom is -0.493 e. The van der Waals surface area contributed by atoms with E-state index < -0.39 is 9.84 Å². The van der Waals surface area contributed by atoms with Gasteiger partial charge in [0.2, 0.25) is 5.91 Å². The van der Waals surface area contributed by atoms with E-state index in [1.807, 2.05) is 22.2 Å². The molecule has 9 heteroatoms. The molecule has 3 aromatic rings. The number of sulfone groups is 1. The van der Waals surface area contributed by atoms with Crippen molar-refractivity contribution in [2.75, 3.05) is 26.5 Å². The molecule has 3 rings (SSSR count). The summed E-state index contributed by atoms with van der Waals surface area (Å²) in [4.78, 5) is 18.9. The van der Waals surface area contributed by atoms with E-state index in [2.05, 4.69) is 4.98 Å². The molecule has 6 nitrogen and oxygen atoms in total. The van der Waals surface area contributed by atoms with Crippen molar-refractivity contribution < 1.29 is 17.9 Å². The Morgan fingerprint density at radius 3 is 2.79 bits per heavy atom. The minimum absolute atomic E-state index is 0.00578. The zero-order valence-electron chi connectivity index (χ0n) is 16.2. The molecule has 0 radical (unpaired) electrons. The summed E-state index contributed by atoms with van der Waals surface area (Å²) >= 11 is 3.17. The third-order valence-corrected chi connectivity index (χ3v) is 6.95. The van der Waals surface area contributed by atoms with Crippen molar-refractivity contribution in [3.05, 3.63) is 52.2 Å². The van der Waals surface area contributed by atoms with Gasteiger partial charge < -0.3 is 9.64 Å². The number of amides is 1. The van der Waals surface area contributed by atoms with Gasteiger partial charge in [-0.2, -0.15) is 11.3 Å². The molecule has 0 fully saturated rings. The number of nitrogens with zero attached hydrogens (tertiary/aromatic N) is 2. The molecule has 0 unspecified atom stereocenters. The number of hydrogen-bond donors (Lipinski definition) is 0. The Bertz CT molecular complexity index is 1060. The molecule has 0 aliphatic carbocycles. The van der Waals surface area contributed by atoms with Crippen molar-refractivity contribution in [3.63, 3.8) is 0 Å². The van der Waals surface area contributed by atoms with Crippen molar-refractivity contribution in [2.24, 2.45) is 0 Å². The van der Waals surface area contributed by atoms with Crippen LogP contribution < -0.4 is 4.74 Å². The van der Waals surface area contributed by atoms with Crippen LogP contribution in [-0.4, -0.2) is 50.7 Å². The molecule has 0 bridgehead atoms. The molecule has 29 heavy (non-hydrogen) atoms. The molecule has 0 spiro atoms. The second kappa shape index (κ2) is 9.51. The quantitative estimate of drug-likeness (QED) is 0.464. The zero-order valence-corrected chi connectivity index (χ0v) is 18.6. The van der Waals surface area contributed by atoms with E-state index in [1.54, 1.807) is 46.8 Å². The largest absolute Gasteiger partial charge is 0.493 e. The van der Waals surface area contributed by atoms with E-state index in [1.165, 1.54) is 18.4 Å². The van der Waals surface area contributed by atoms with Crippen LogP contribution in [0.3, 0.4) is 0 Å². The molecule has 0 atom stereocenters. The molecule has 0 aliphatic rings. The van der Waals surface area contributed by atoms with E-state index in [0.717, 1.165) is 16.3 Å². The molecule has 0 N–H and O–H groups in total. The zero-order chi connectivity index (χ0) is 20.9. The number of rotatable bonds is 9. The summed E-state index contributed by atoms with van der Waals surface area (Å²) in [7, 11) is -1.50. The molecule has 0 aliphatic heterocycles. The van der Waals surface area contributed by atoms with Gasteiger partial charge in [-0.3, -0.25) is 4.79 Å². The highest BCUT2D eigenvalue weighted by Gasteiger charge is 2.13. The Balaban J connectivity index is 1.44. The molecule has 1 aromatic carbocycles. The van der Waals surface area contributed by atoms with Crippen LogP contribution in [0.15, 0.2) is 51.4 Å². The summed E-state index contributed by atoms with van der Waals surface area (Å²) in [6, 6.07) is 8.44. The van der Waals surface area contributed by atoms with E-state index in [4.69, 9.17) is 4.74 Å². The van der Waals surface area contributed by atoms with Gasteiger partial charge in [-0.15, -0.1) is 11.3 Å². The smallest absolute Gasteiger partial charge is 0.228 e. The Morgan fingerprint density at radius 2 is 2.07 bits per heavy atom. The fraction of sp³-hybridized carbons (Fsp3) is 0.300. The Labute approximate surface area is 178 Å². The number of hydrogen-bond acceptors (Lipinski definition) is 7. The maximum atomic E-state index is 12.4. The highest BCUT2D eigenvalue weighted by molar-refractivity contribution is 7.90. The lowest BCUT2D eigenvalue weighted by atomic mass is 10.3. The van der Waals surface area contributed by atoms with Gasteiger partial charge in [0, 0.05) is 36.2 Å². The number of benzene rings is 1. The Kier molecular flexibility index (Phi) is 7.05. The van der Waals surface area contributed by atoms with E-state index in [-0.39, 0.29) is 17.2 Å². The molecule has 2 aromatic heterocycles. The SMILES string of the molecule is CN(CCCOc1cccc(S(C)(=O)=O)c1)C(=O)Cc1csc(-c2ccsc2)n1. The fourth-order valence-electron chi connectivity index (χ4n) is 2.61. The summed E-state index contributed by atoms with van der Waals surface area (Å²) in [5, 5.41) is 6.91. The number of carbonyl (C=O) groups is 1. The summed E-state index contributed by atoms with van der Waals surface area (Å²) < 4.78 is 28.8. The first-order valence-electron chi connectivity index (χ1n) is 8.97. The van der Waals surface area contributed by atoms with Crippen molar-refractivity contribution in [1.29, 1.82) is 0 Å². The van der Waals surface area contributed by atoms with Crippen molar-refractivity contribution in [2.45, 2.75) is 17.7 Å². The first kappa shape index (κ1) is 21.5. The van der Waals surface area contributed by atoms with Crippen molar-refractivity contribution in [1.82, 2.24) is 9.88 Å². The second-order valence-corrected chi connectivity index (χ2v) is 10.3. The first-order chi connectivity index (χ1) is 13.8.